The third-order valence-electron chi connectivity index (χ3n) is 4.83. The van der Waals surface area contributed by atoms with Gasteiger partial charge in [-0.2, -0.15) is 4.98 Å². The monoisotopic (exact) mass is 362 g/mol. The third-order valence-corrected chi connectivity index (χ3v) is 4.83. The van der Waals surface area contributed by atoms with Gasteiger partial charge in [0, 0.05) is 30.8 Å². The van der Waals surface area contributed by atoms with Crippen LogP contribution < -0.4 is 10.2 Å². The summed E-state index contributed by atoms with van der Waals surface area (Å²) in [4.78, 5) is 18.9. The number of nitrogens with zero attached hydrogens (tertiary/aromatic N) is 3. The van der Waals surface area contributed by atoms with E-state index in [-0.39, 0.29) is 5.91 Å². The lowest BCUT2D eigenvalue weighted by Gasteiger charge is -2.31. The zero-order valence-electron chi connectivity index (χ0n) is 15.0. The van der Waals surface area contributed by atoms with Crippen LogP contribution in [0.3, 0.4) is 0 Å². The standard InChI is InChI=1S/C21H22N4O2/c26-19(17-9-3-1-4-10-17)22-14-16-8-7-13-25(15-16)21-23-20(27-24-21)18-11-5-2-6-12-18/h1-6,9-12,16H,7-8,13-15H2,(H,22,26). The van der Waals surface area contributed by atoms with Crippen LogP contribution >= 0.6 is 0 Å². The average Bonchev–Trinajstić information content (AvgIpc) is 3.24. The number of aromatic nitrogens is 2. The van der Waals surface area contributed by atoms with E-state index in [4.69, 9.17) is 4.52 Å². The van der Waals surface area contributed by atoms with Crippen molar-refractivity contribution in [1.29, 1.82) is 0 Å². The predicted molar refractivity (Wildman–Crippen MR) is 103 cm³/mol. The Morgan fingerprint density at radius 3 is 2.63 bits per heavy atom. The first-order chi connectivity index (χ1) is 13.3. The lowest BCUT2D eigenvalue weighted by molar-refractivity contribution is 0.0945. The lowest BCUT2D eigenvalue weighted by atomic mass is 9.98. The molecule has 0 aliphatic carbocycles. The van der Waals surface area contributed by atoms with Gasteiger partial charge in [-0.25, -0.2) is 0 Å². The van der Waals surface area contributed by atoms with Crippen molar-refractivity contribution in [3.05, 3.63) is 66.2 Å². The quantitative estimate of drug-likeness (QED) is 0.753. The summed E-state index contributed by atoms with van der Waals surface area (Å²) in [5, 5.41) is 7.19. The molecule has 2 heterocycles. The van der Waals surface area contributed by atoms with Gasteiger partial charge in [0.05, 0.1) is 0 Å². The molecule has 0 spiro atoms. The summed E-state index contributed by atoms with van der Waals surface area (Å²) in [6.45, 7) is 2.35. The Morgan fingerprint density at radius 1 is 1.11 bits per heavy atom. The summed E-state index contributed by atoms with van der Waals surface area (Å²) in [5.74, 6) is 1.49. The number of benzene rings is 2. The summed E-state index contributed by atoms with van der Waals surface area (Å²) >= 11 is 0. The number of carbonyl (C=O) groups excluding carboxylic acids is 1. The molecule has 3 aromatic rings. The molecule has 1 N–H and O–H groups in total. The molecule has 27 heavy (non-hydrogen) atoms. The van der Waals surface area contributed by atoms with E-state index in [2.05, 4.69) is 20.4 Å². The van der Waals surface area contributed by atoms with E-state index >= 15 is 0 Å². The molecule has 6 nitrogen and oxygen atoms in total. The molecule has 1 saturated heterocycles. The van der Waals surface area contributed by atoms with Crippen LogP contribution in [-0.4, -0.2) is 35.7 Å². The highest BCUT2D eigenvalue weighted by Gasteiger charge is 2.24. The molecule has 0 bridgehead atoms. The van der Waals surface area contributed by atoms with E-state index in [1.807, 2.05) is 60.7 Å². The van der Waals surface area contributed by atoms with Gasteiger partial charge in [-0.05, 0) is 48.2 Å². The smallest absolute Gasteiger partial charge is 0.266 e. The fourth-order valence-corrected chi connectivity index (χ4v) is 3.38. The molecule has 1 aliphatic rings. The highest BCUT2D eigenvalue weighted by molar-refractivity contribution is 5.94. The maximum Gasteiger partial charge on any atom is 0.266 e. The summed E-state index contributed by atoms with van der Waals surface area (Å²) in [6.07, 6.45) is 2.12. The van der Waals surface area contributed by atoms with Crippen molar-refractivity contribution in [3.8, 4) is 11.5 Å². The molecular formula is C21H22N4O2. The molecule has 0 radical (unpaired) electrons. The average molecular weight is 362 g/mol. The first-order valence-electron chi connectivity index (χ1n) is 9.27. The van der Waals surface area contributed by atoms with Gasteiger partial charge in [-0.3, -0.25) is 4.79 Å². The van der Waals surface area contributed by atoms with Crippen LogP contribution in [0.2, 0.25) is 0 Å². The van der Waals surface area contributed by atoms with Crippen LogP contribution in [-0.2, 0) is 0 Å². The summed E-state index contributed by atoms with van der Waals surface area (Å²) in [6, 6.07) is 19.1. The van der Waals surface area contributed by atoms with Crippen LogP contribution in [0.4, 0.5) is 5.95 Å². The van der Waals surface area contributed by atoms with E-state index in [9.17, 15) is 4.79 Å². The van der Waals surface area contributed by atoms with Crippen molar-refractivity contribution >= 4 is 11.9 Å². The fraction of sp³-hybridized carbons (Fsp3) is 0.286. The number of rotatable bonds is 5. The number of nitrogens with one attached hydrogen (secondary N) is 1. The highest BCUT2D eigenvalue weighted by atomic mass is 16.5. The third kappa shape index (κ3) is 4.16. The van der Waals surface area contributed by atoms with E-state index < -0.39 is 0 Å². The first-order valence-corrected chi connectivity index (χ1v) is 9.27. The van der Waals surface area contributed by atoms with E-state index in [1.165, 1.54) is 0 Å². The Bertz CT molecular complexity index is 879. The minimum Gasteiger partial charge on any atom is -0.352 e. The van der Waals surface area contributed by atoms with Crippen LogP contribution in [0.25, 0.3) is 11.5 Å². The van der Waals surface area contributed by atoms with Crippen LogP contribution in [0.5, 0.6) is 0 Å². The van der Waals surface area contributed by atoms with Crippen molar-refractivity contribution in [1.82, 2.24) is 15.5 Å². The Morgan fingerprint density at radius 2 is 1.85 bits per heavy atom. The molecule has 1 amide bonds. The lowest BCUT2D eigenvalue weighted by Crippen LogP contribution is -2.41. The minimum absolute atomic E-state index is 0.0290. The molecule has 1 unspecified atom stereocenters. The SMILES string of the molecule is O=C(NCC1CCCN(c2noc(-c3ccccc3)n2)C1)c1ccccc1. The number of hydrogen-bond donors (Lipinski definition) is 1. The van der Waals surface area contributed by atoms with Gasteiger partial charge in [0.1, 0.15) is 0 Å². The molecule has 138 valence electrons. The number of anilines is 1. The number of amides is 1. The largest absolute Gasteiger partial charge is 0.352 e. The number of hydrogen-bond acceptors (Lipinski definition) is 5. The van der Waals surface area contributed by atoms with Crippen molar-refractivity contribution in [3.63, 3.8) is 0 Å². The molecular weight excluding hydrogens is 340 g/mol. The predicted octanol–water partition coefficient (Wildman–Crippen LogP) is 3.38. The van der Waals surface area contributed by atoms with Crippen molar-refractivity contribution < 1.29 is 9.32 Å². The molecule has 2 aromatic carbocycles. The van der Waals surface area contributed by atoms with Gasteiger partial charge in [-0.1, -0.05) is 36.4 Å². The van der Waals surface area contributed by atoms with E-state index in [1.54, 1.807) is 0 Å². The Kier molecular flexibility index (Phi) is 5.14. The molecule has 1 fully saturated rings. The second-order valence-electron chi connectivity index (χ2n) is 6.80. The van der Waals surface area contributed by atoms with Crippen LogP contribution in [0, 0.1) is 5.92 Å². The van der Waals surface area contributed by atoms with E-state index in [0.29, 0.717) is 29.9 Å². The van der Waals surface area contributed by atoms with Gasteiger partial charge >= 0.3 is 0 Å². The first kappa shape index (κ1) is 17.3. The van der Waals surface area contributed by atoms with Crippen LogP contribution in [0.15, 0.2) is 65.2 Å². The van der Waals surface area contributed by atoms with Crippen molar-refractivity contribution in [2.75, 3.05) is 24.5 Å². The molecule has 0 saturated carbocycles. The maximum atomic E-state index is 12.2. The Hall–Kier alpha value is -3.15. The van der Waals surface area contributed by atoms with Gasteiger partial charge in [0.15, 0.2) is 0 Å². The molecule has 1 atom stereocenters. The normalized spacial score (nSPS) is 16.9. The summed E-state index contributed by atoms with van der Waals surface area (Å²) < 4.78 is 5.42. The van der Waals surface area contributed by atoms with Gasteiger partial charge < -0.3 is 14.7 Å². The molecule has 4 rings (SSSR count). The molecule has 1 aromatic heterocycles. The van der Waals surface area contributed by atoms with E-state index in [0.717, 1.165) is 31.5 Å². The zero-order chi connectivity index (χ0) is 18.5. The summed E-state index contributed by atoms with van der Waals surface area (Å²) in [7, 11) is 0. The van der Waals surface area contributed by atoms with Crippen molar-refractivity contribution in [2.24, 2.45) is 5.92 Å². The minimum atomic E-state index is -0.0290. The number of carbonyl (C=O) groups is 1. The molecule has 1 aliphatic heterocycles. The summed E-state index contributed by atoms with van der Waals surface area (Å²) in [5.41, 5.74) is 1.61. The van der Waals surface area contributed by atoms with Gasteiger partial charge in [0.25, 0.3) is 17.7 Å². The number of piperidine rings is 1. The van der Waals surface area contributed by atoms with Crippen molar-refractivity contribution in [2.45, 2.75) is 12.8 Å². The fourth-order valence-electron chi connectivity index (χ4n) is 3.38. The van der Waals surface area contributed by atoms with Gasteiger partial charge in [-0.15, -0.1) is 0 Å². The second-order valence-corrected chi connectivity index (χ2v) is 6.80. The topological polar surface area (TPSA) is 71.3 Å². The van der Waals surface area contributed by atoms with Gasteiger partial charge in [0.2, 0.25) is 0 Å². The highest BCUT2D eigenvalue weighted by Crippen LogP contribution is 2.24. The Labute approximate surface area is 158 Å². The maximum absolute atomic E-state index is 12.2. The Balaban J connectivity index is 1.36. The second kappa shape index (κ2) is 8.03. The zero-order valence-corrected chi connectivity index (χ0v) is 15.0. The van der Waals surface area contributed by atoms with Crippen LogP contribution in [0.1, 0.15) is 23.2 Å². The molecule has 6 heteroatoms.